The first-order chi connectivity index (χ1) is 12.1. The molecule has 130 valence electrons. The minimum atomic E-state index is -0.570. The van der Waals surface area contributed by atoms with Crippen LogP contribution in [0.2, 0.25) is 0 Å². The second kappa shape index (κ2) is 5.89. The number of morpholine rings is 1. The number of piperidine rings is 1. The zero-order valence-corrected chi connectivity index (χ0v) is 13.6. The van der Waals surface area contributed by atoms with Crippen molar-refractivity contribution >= 4 is 17.7 Å². The Hall–Kier alpha value is -2.87. The number of nitrogens with two attached hydrogens (primary N) is 1. The van der Waals surface area contributed by atoms with Crippen LogP contribution in [0.5, 0.6) is 0 Å². The number of benzene rings is 1. The van der Waals surface area contributed by atoms with Gasteiger partial charge in [0.15, 0.2) is 0 Å². The minimum absolute atomic E-state index is 0.0258. The van der Waals surface area contributed by atoms with Gasteiger partial charge in [-0.1, -0.05) is 30.3 Å². The first-order valence-corrected chi connectivity index (χ1v) is 8.17. The number of rotatable bonds is 2. The number of carbonyl (C=O) groups is 1. The molecular formula is C17H19N5O3. The first-order valence-electron chi connectivity index (χ1n) is 8.17. The van der Waals surface area contributed by atoms with Gasteiger partial charge in [-0.05, 0) is 12.0 Å². The number of aromatic amines is 1. The number of fused-ring (bicyclic) bond motifs is 1. The highest BCUT2D eigenvalue weighted by atomic mass is 16.5. The molecule has 25 heavy (non-hydrogen) atoms. The molecule has 1 amide bonds. The summed E-state index contributed by atoms with van der Waals surface area (Å²) in [5.74, 6) is 0.482. The van der Waals surface area contributed by atoms with Gasteiger partial charge in [-0.2, -0.15) is 4.98 Å². The standard InChI is InChI=1S/C17H19N5O3/c18-16-19-13(8-14(23)20-16)22-7-6-17(11-4-2-1-3-5-11)12(9-22)25-10-15(24)21-17/h1-5,8,12H,6-7,9-10H2,(H,21,24)(H3,18,19,20,23)/t12-,17+/m1/s1. The van der Waals surface area contributed by atoms with Crippen LogP contribution in [-0.2, 0) is 15.1 Å². The smallest absolute Gasteiger partial charge is 0.254 e. The molecule has 8 nitrogen and oxygen atoms in total. The number of nitrogens with one attached hydrogen (secondary N) is 2. The van der Waals surface area contributed by atoms with Crippen LogP contribution in [0, 0.1) is 0 Å². The van der Waals surface area contributed by atoms with E-state index in [9.17, 15) is 9.59 Å². The number of nitrogens with zero attached hydrogens (tertiary/aromatic N) is 2. The highest BCUT2D eigenvalue weighted by Crippen LogP contribution is 2.37. The van der Waals surface area contributed by atoms with Gasteiger partial charge in [0.1, 0.15) is 18.5 Å². The molecule has 1 aromatic heterocycles. The molecule has 2 aromatic rings. The summed E-state index contributed by atoms with van der Waals surface area (Å²) in [6.07, 6.45) is 0.394. The van der Waals surface area contributed by atoms with Crippen LogP contribution in [0.25, 0.3) is 0 Å². The molecule has 0 aliphatic carbocycles. The van der Waals surface area contributed by atoms with Gasteiger partial charge in [0.05, 0.1) is 5.54 Å². The molecule has 2 atom stereocenters. The molecule has 2 aliphatic rings. The number of carbonyl (C=O) groups excluding carboxylic acids is 1. The summed E-state index contributed by atoms with van der Waals surface area (Å²) in [7, 11) is 0. The van der Waals surface area contributed by atoms with Gasteiger partial charge in [0.25, 0.3) is 5.56 Å². The summed E-state index contributed by atoms with van der Waals surface area (Å²) in [6.45, 7) is 1.15. The Kier molecular flexibility index (Phi) is 3.69. The topological polar surface area (TPSA) is 113 Å². The molecule has 4 N–H and O–H groups in total. The molecule has 2 saturated heterocycles. The fourth-order valence-electron chi connectivity index (χ4n) is 3.69. The Morgan fingerprint density at radius 2 is 2.08 bits per heavy atom. The molecule has 4 rings (SSSR count). The third-order valence-corrected chi connectivity index (χ3v) is 4.85. The van der Waals surface area contributed by atoms with E-state index in [-0.39, 0.29) is 30.1 Å². The lowest BCUT2D eigenvalue weighted by molar-refractivity contribution is -0.146. The number of nitrogen functional groups attached to an aromatic ring is 1. The summed E-state index contributed by atoms with van der Waals surface area (Å²) in [5, 5.41) is 3.14. The van der Waals surface area contributed by atoms with Crippen LogP contribution < -0.4 is 21.5 Å². The Morgan fingerprint density at radius 3 is 2.84 bits per heavy atom. The SMILES string of the molecule is Nc1nc(N2CC[C@@]3(c4ccccc4)NC(=O)CO[C@@H]3C2)cc(=O)[nH]1. The molecule has 1 aromatic carbocycles. The maximum absolute atomic E-state index is 12.0. The van der Waals surface area contributed by atoms with E-state index in [4.69, 9.17) is 10.5 Å². The lowest BCUT2D eigenvalue weighted by Gasteiger charge is -2.50. The van der Waals surface area contributed by atoms with Crippen molar-refractivity contribution in [1.82, 2.24) is 15.3 Å². The number of hydrogen-bond acceptors (Lipinski definition) is 6. The zero-order chi connectivity index (χ0) is 17.4. The Balaban J connectivity index is 1.68. The molecular weight excluding hydrogens is 322 g/mol. The van der Waals surface area contributed by atoms with Crippen LogP contribution in [0.1, 0.15) is 12.0 Å². The van der Waals surface area contributed by atoms with Gasteiger partial charge in [-0.3, -0.25) is 14.6 Å². The van der Waals surface area contributed by atoms with E-state index in [0.29, 0.717) is 25.3 Å². The predicted molar refractivity (Wildman–Crippen MR) is 92.1 cm³/mol. The van der Waals surface area contributed by atoms with Crippen molar-refractivity contribution in [3.63, 3.8) is 0 Å². The van der Waals surface area contributed by atoms with E-state index in [1.165, 1.54) is 6.07 Å². The van der Waals surface area contributed by atoms with E-state index in [1.807, 2.05) is 35.2 Å². The average molecular weight is 341 g/mol. The van der Waals surface area contributed by atoms with E-state index in [0.717, 1.165) is 5.56 Å². The number of H-pyrrole nitrogens is 1. The zero-order valence-electron chi connectivity index (χ0n) is 13.6. The fourth-order valence-corrected chi connectivity index (χ4v) is 3.69. The maximum Gasteiger partial charge on any atom is 0.254 e. The van der Waals surface area contributed by atoms with Gasteiger partial charge < -0.3 is 20.7 Å². The van der Waals surface area contributed by atoms with Gasteiger partial charge >= 0.3 is 0 Å². The van der Waals surface area contributed by atoms with Gasteiger partial charge in [0, 0.05) is 19.2 Å². The first kappa shape index (κ1) is 15.6. The van der Waals surface area contributed by atoms with Gasteiger partial charge in [0.2, 0.25) is 11.9 Å². The molecule has 2 fully saturated rings. The molecule has 2 aliphatic heterocycles. The van der Waals surface area contributed by atoms with Crippen LogP contribution in [-0.4, -0.2) is 41.7 Å². The van der Waals surface area contributed by atoms with Crippen molar-refractivity contribution in [3.8, 4) is 0 Å². The number of aromatic nitrogens is 2. The Morgan fingerprint density at radius 1 is 1.28 bits per heavy atom. The molecule has 0 spiro atoms. The lowest BCUT2D eigenvalue weighted by atomic mass is 9.77. The third-order valence-electron chi connectivity index (χ3n) is 4.85. The van der Waals surface area contributed by atoms with Crippen molar-refractivity contribution in [2.24, 2.45) is 0 Å². The molecule has 0 bridgehead atoms. The summed E-state index contributed by atoms with van der Waals surface area (Å²) >= 11 is 0. The Labute approximate surface area is 144 Å². The van der Waals surface area contributed by atoms with Crippen molar-refractivity contribution in [3.05, 3.63) is 52.3 Å². The highest BCUT2D eigenvalue weighted by molar-refractivity contribution is 5.79. The van der Waals surface area contributed by atoms with Crippen molar-refractivity contribution in [2.45, 2.75) is 18.1 Å². The summed E-state index contributed by atoms with van der Waals surface area (Å²) < 4.78 is 5.87. The van der Waals surface area contributed by atoms with E-state index < -0.39 is 5.54 Å². The molecule has 8 heteroatoms. The average Bonchev–Trinajstić information content (AvgIpc) is 2.61. The fraction of sp³-hybridized carbons (Fsp3) is 0.353. The van der Waals surface area contributed by atoms with Crippen LogP contribution >= 0.6 is 0 Å². The quantitative estimate of drug-likeness (QED) is 0.707. The second-order valence-corrected chi connectivity index (χ2v) is 6.37. The largest absolute Gasteiger partial charge is 0.369 e. The normalized spacial score (nSPS) is 26.0. The van der Waals surface area contributed by atoms with Gasteiger partial charge in [-0.25, -0.2) is 0 Å². The summed E-state index contributed by atoms with van der Waals surface area (Å²) in [4.78, 5) is 32.3. The highest BCUT2D eigenvalue weighted by Gasteiger charge is 2.49. The van der Waals surface area contributed by atoms with E-state index in [1.54, 1.807) is 0 Å². The molecule has 0 radical (unpaired) electrons. The van der Waals surface area contributed by atoms with Crippen LogP contribution in [0.4, 0.5) is 11.8 Å². The molecule has 0 unspecified atom stereocenters. The van der Waals surface area contributed by atoms with Gasteiger partial charge in [-0.15, -0.1) is 0 Å². The minimum Gasteiger partial charge on any atom is -0.369 e. The van der Waals surface area contributed by atoms with Crippen molar-refractivity contribution in [2.75, 3.05) is 30.3 Å². The lowest BCUT2D eigenvalue weighted by Crippen LogP contribution is -2.66. The number of ether oxygens (including phenoxy) is 1. The monoisotopic (exact) mass is 341 g/mol. The Bertz CT molecular complexity index is 853. The number of anilines is 2. The third kappa shape index (κ3) is 2.74. The summed E-state index contributed by atoms with van der Waals surface area (Å²) in [5.41, 5.74) is 5.81. The van der Waals surface area contributed by atoms with Crippen molar-refractivity contribution < 1.29 is 9.53 Å². The maximum atomic E-state index is 12.0. The van der Waals surface area contributed by atoms with E-state index >= 15 is 0 Å². The van der Waals surface area contributed by atoms with Crippen molar-refractivity contribution in [1.29, 1.82) is 0 Å². The van der Waals surface area contributed by atoms with Crippen LogP contribution in [0.15, 0.2) is 41.2 Å². The number of amides is 1. The predicted octanol–water partition coefficient (Wildman–Crippen LogP) is -0.0273. The second-order valence-electron chi connectivity index (χ2n) is 6.37. The van der Waals surface area contributed by atoms with Crippen LogP contribution in [0.3, 0.4) is 0 Å². The molecule has 0 saturated carbocycles. The van der Waals surface area contributed by atoms with E-state index in [2.05, 4.69) is 15.3 Å². The molecule has 3 heterocycles. The summed E-state index contributed by atoms with van der Waals surface area (Å²) in [6, 6.07) is 11.3. The number of hydrogen-bond donors (Lipinski definition) is 3.